The maximum absolute atomic E-state index is 12.7. The summed E-state index contributed by atoms with van der Waals surface area (Å²) >= 11 is 0. The summed E-state index contributed by atoms with van der Waals surface area (Å²) in [5.41, 5.74) is 8.08. The number of halogens is 1. The van der Waals surface area contributed by atoms with E-state index < -0.39 is 0 Å². The summed E-state index contributed by atoms with van der Waals surface area (Å²) in [4.78, 5) is 12.0. The van der Waals surface area contributed by atoms with Gasteiger partial charge in [-0.25, -0.2) is 4.39 Å². The van der Waals surface area contributed by atoms with E-state index in [2.05, 4.69) is 5.32 Å². The van der Waals surface area contributed by atoms with Gasteiger partial charge in [-0.1, -0.05) is 6.07 Å². The van der Waals surface area contributed by atoms with Gasteiger partial charge in [-0.15, -0.1) is 0 Å². The molecule has 0 saturated carbocycles. The van der Waals surface area contributed by atoms with Crippen LogP contribution in [0, 0.1) is 12.7 Å². The number of carbonyl (C=O) groups is 1. The van der Waals surface area contributed by atoms with Gasteiger partial charge in [-0.3, -0.25) is 4.79 Å². The number of rotatable bonds is 2. The number of anilines is 2. The first-order chi connectivity index (χ1) is 8.56. The maximum atomic E-state index is 12.7. The highest BCUT2D eigenvalue weighted by atomic mass is 19.1. The SMILES string of the molecule is Cc1ccc(N)cc1C(=O)Nc1ccc(F)cc1. The van der Waals surface area contributed by atoms with E-state index in [0.717, 1.165) is 5.56 Å². The second kappa shape index (κ2) is 4.87. The normalized spacial score (nSPS) is 10.1. The molecule has 2 rings (SSSR count). The maximum Gasteiger partial charge on any atom is 0.256 e. The van der Waals surface area contributed by atoms with Crippen LogP contribution in [0.4, 0.5) is 15.8 Å². The first kappa shape index (κ1) is 12.1. The number of aryl methyl sites for hydroxylation is 1. The summed E-state index contributed by atoms with van der Waals surface area (Å²) in [5.74, 6) is -0.598. The van der Waals surface area contributed by atoms with Crippen LogP contribution in [0.2, 0.25) is 0 Å². The van der Waals surface area contributed by atoms with Crippen LogP contribution in [0.15, 0.2) is 42.5 Å². The third-order valence-electron chi connectivity index (χ3n) is 2.61. The van der Waals surface area contributed by atoms with Crippen LogP contribution < -0.4 is 11.1 Å². The van der Waals surface area contributed by atoms with Gasteiger partial charge in [0.25, 0.3) is 5.91 Å². The molecule has 3 nitrogen and oxygen atoms in total. The van der Waals surface area contributed by atoms with Gasteiger partial charge in [0, 0.05) is 16.9 Å². The van der Waals surface area contributed by atoms with Gasteiger partial charge in [0.2, 0.25) is 0 Å². The topological polar surface area (TPSA) is 55.1 Å². The second-order valence-electron chi connectivity index (χ2n) is 4.04. The summed E-state index contributed by atoms with van der Waals surface area (Å²) in [6.45, 7) is 1.83. The summed E-state index contributed by atoms with van der Waals surface area (Å²) in [6.07, 6.45) is 0. The standard InChI is InChI=1S/C14H13FN2O/c1-9-2-5-11(16)8-13(9)14(18)17-12-6-3-10(15)4-7-12/h2-8H,16H2,1H3,(H,17,18). The molecule has 3 N–H and O–H groups in total. The quantitative estimate of drug-likeness (QED) is 0.798. The lowest BCUT2D eigenvalue weighted by molar-refractivity contribution is 0.102. The van der Waals surface area contributed by atoms with Gasteiger partial charge in [0.15, 0.2) is 0 Å². The number of nitrogens with two attached hydrogens (primary N) is 1. The Morgan fingerprint density at radius 2 is 1.83 bits per heavy atom. The van der Waals surface area contributed by atoms with E-state index in [0.29, 0.717) is 16.9 Å². The first-order valence-electron chi connectivity index (χ1n) is 5.49. The summed E-state index contributed by atoms with van der Waals surface area (Å²) in [5, 5.41) is 2.69. The van der Waals surface area contributed by atoms with Crippen molar-refractivity contribution >= 4 is 17.3 Å². The molecule has 2 aromatic carbocycles. The number of amides is 1. The van der Waals surface area contributed by atoms with Crippen molar-refractivity contribution in [2.45, 2.75) is 6.92 Å². The molecule has 92 valence electrons. The Hall–Kier alpha value is -2.36. The van der Waals surface area contributed by atoms with Gasteiger partial charge in [-0.05, 0) is 48.9 Å². The summed E-state index contributed by atoms with van der Waals surface area (Å²) in [6, 6.07) is 10.8. The van der Waals surface area contributed by atoms with Crippen LogP contribution in [0.1, 0.15) is 15.9 Å². The molecule has 0 bridgehead atoms. The van der Waals surface area contributed by atoms with Crippen molar-refractivity contribution < 1.29 is 9.18 Å². The van der Waals surface area contributed by atoms with Crippen LogP contribution in [0.5, 0.6) is 0 Å². The van der Waals surface area contributed by atoms with E-state index in [4.69, 9.17) is 5.73 Å². The first-order valence-corrected chi connectivity index (χ1v) is 5.49. The molecule has 0 aliphatic carbocycles. The Morgan fingerprint density at radius 1 is 1.17 bits per heavy atom. The van der Waals surface area contributed by atoms with Crippen LogP contribution in [0.3, 0.4) is 0 Å². The molecule has 18 heavy (non-hydrogen) atoms. The summed E-state index contributed by atoms with van der Waals surface area (Å²) in [7, 11) is 0. The van der Waals surface area contributed by atoms with Crippen molar-refractivity contribution in [2.24, 2.45) is 0 Å². The molecular weight excluding hydrogens is 231 g/mol. The lowest BCUT2D eigenvalue weighted by atomic mass is 10.1. The van der Waals surface area contributed by atoms with Crippen LogP contribution in [-0.4, -0.2) is 5.91 Å². The highest BCUT2D eigenvalue weighted by Gasteiger charge is 2.09. The lowest BCUT2D eigenvalue weighted by Crippen LogP contribution is -2.13. The Morgan fingerprint density at radius 3 is 2.50 bits per heavy atom. The number of nitrogen functional groups attached to an aromatic ring is 1. The fourth-order valence-electron chi connectivity index (χ4n) is 1.62. The van der Waals surface area contributed by atoms with E-state index >= 15 is 0 Å². The molecule has 0 unspecified atom stereocenters. The molecule has 0 heterocycles. The third kappa shape index (κ3) is 2.66. The monoisotopic (exact) mass is 244 g/mol. The molecule has 0 fully saturated rings. The van der Waals surface area contributed by atoms with E-state index in [1.807, 2.05) is 6.92 Å². The molecule has 0 aromatic heterocycles. The summed E-state index contributed by atoms with van der Waals surface area (Å²) < 4.78 is 12.7. The van der Waals surface area contributed by atoms with Crippen LogP contribution in [-0.2, 0) is 0 Å². The van der Waals surface area contributed by atoms with Crippen molar-refractivity contribution in [3.05, 3.63) is 59.4 Å². The Balaban J connectivity index is 2.21. The number of benzene rings is 2. The van der Waals surface area contributed by atoms with Crippen molar-refractivity contribution in [2.75, 3.05) is 11.1 Å². The lowest BCUT2D eigenvalue weighted by Gasteiger charge is -2.08. The average Bonchev–Trinajstić information content (AvgIpc) is 2.35. The van der Waals surface area contributed by atoms with Gasteiger partial charge in [0.05, 0.1) is 0 Å². The number of carbonyl (C=O) groups excluding carboxylic acids is 1. The molecule has 2 aromatic rings. The zero-order chi connectivity index (χ0) is 13.1. The molecule has 0 radical (unpaired) electrons. The number of hydrogen-bond acceptors (Lipinski definition) is 2. The molecular formula is C14H13FN2O. The second-order valence-corrected chi connectivity index (χ2v) is 4.04. The van der Waals surface area contributed by atoms with E-state index in [1.165, 1.54) is 24.3 Å². The molecule has 4 heteroatoms. The van der Waals surface area contributed by atoms with E-state index in [-0.39, 0.29) is 11.7 Å². The fraction of sp³-hybridized carbons (Fsp3) is 0.0714. The molecule has 0 atom stereocenters. The van der Waals surface area contributed by atoms with Crippen molar-refractivity contribution in [3.8, 4) is 0 Å². The molecule has 0 aliphatic rings. The highest BCUT2D eigenvalue weighted by molar-refractivity contribution is 6.05. The fourth-order valence-corrected chi connectivity index (χ4v) is 1.62. The van der Waals surface area contributed by atoms with Gasteiger partial charge >= 0.3 is 0 Å². The number of nitrogens with one attached hydrogen (secondary N) is 1. The van der Waals surface area contributed by atoms with Crippen molar-refractivity contribution in [3.63, 3.8) is 0 Å². The minimum Gasteiger partial charge on any atom is -0.399 e. The minimum atomic E-state index is -0.340. The zero-order valence-corrected chi connectivity index (χ0v) is 9.91. The van der Waals surface area contributed by atoms with Gasteiger partial charge < -0.3 is 11.1 Å². The molecule has 0 spiro atoms. The predicted octanol–water partition coefficient (Wildman–Crippen LogP) is 2.97. The molecule has 1 amide bonds. The van der Waals surface area contributed by atoms with Gasteiger partial charge in [0.1, 0.15) is 5.82 Å². The molecule has 0 saturated heterocycles. The van der Waals surface area contributed by atoms with Crippen molar-refractivity contribution in [1.29, 1.82) is 0 Å². The number of hydrogen-bond donors (Lipinski definition) is 2. The largest absolute Gasteiger partial charge is 0.399 e. The van der Waals surface area contributed by atoms with Crippen LogP contribution in [0.25, 0.3) is 0 Å². The third-order valence-corrected chi connectivity index (χ3v) is 2.61. The van der Waals surface area contributed by atoms with E-state index in [1.54, 1.807) is 18.2 Å². The molecule has 0 aliphatic heterocycles. The minimum absolute atomic E-state index is 0.258. The smallest absolute Gasteiger partial charge is 0.256 e. The zero-order valence-electron chi connectivity index (χ0n) is 9.91. The van der Waals surface area contributed by atoms with Gasteiger partial charge in [-0.2, -0.15) is 0 Å². The highest BCUT2D eigenvalue weighted by Crippen LogP contribution is 2.15. The van der Waals surface area contributed by atoms with Crippen LogP contribution >= 0.6 is 0 Å². The predicted molar refractivity (Wildman–Crippen MR) is 69.9 cm³/mol. The average molecular weight is 244 g/mol. The Labute approximate surface area is 104 Å². The Bertz CT molecular complexity index is 579. The van der Waals surface area contributed by atoms with E-state index in [9.17, 15) is 9.18 Å². The Kier molecular flexibility index (Phi) is 3.28. The van der Waals surface area contributed by atoms with Crippen molar-refractivity contribution in [1.82, 2.24) is 0 Å².